The number of nitrogens with one attached hydrogen (secondary N) is 1. The monoisotopic (exact) mass is 332 g/mol. The number of amides is 1. The Bertz CT molecular complexity index is 530. The van der Waals surface area contributed by atoms with Crippen molar-refractivity contribution >= 4 is 11.6 Å². The maximum atomic E-state index is 12.5. The third-order valence-electron chi connectivity index (χ3n) is 5.45. The molecule has 0 saturated carbocycles. The van der Waals surface area contributed by atoms with Crippen LogP contribution in [0.25, 0.3) is 0 Å². The van der Waals surface area contributed by atoms with E-state index in [1.54, 1.807) is 7.11 Å². The van der Waals surface area contributed by atoms with Gasteiger partial charge >= 0.3 is 0 Å². The highest BCUT2D eigenvalue weighted by atomic mass is 16.5. The van der Waals surface area contributed by atoms with Crippen molar-refractivity contribution in [1.29, 1.82) is 0 Å². The Morgan fingerprint density at radius 1 is 1.12 bits per heavy atom. The summed E-state index contributed by atoms with van der Waals surface area (Å²) in [6.45, 7) is 8.91. The van der Waals surface area contributed by atoms with Crippen LogP contribution in [-0.2, 0) is 4.79 Å². The highest BCUT2D eigenvalue weighted by Gasteiger charge is 2.26. The van der Waals surface area contributed by atoms with Crippen molar-refractivity contribution in [3.05, 3.63) is 24.3 Å². The Kier molecular flexibility index (Phi) is 5.61. The molecule has 2 saturated heterocycles. The molecule has 24 heavy (non-hydrogen) atoms. The van der Waals surface area contributed by atoms with Gasteiger partial charge in [0, 0.05) is 18.8 Å². The Morgan fingerprint density at radius 2 is 1.75 bits per heavy atom. The van der Waals surface area contributed by atoms with Gasteiger partial charge in [0.25, 0.3) is 5.91 Å². The van der Waals surface area contributed by atoms with E-state index in [1.807, 2.05) is 12.1 Å². The number of hydrogen-bond donors (Lipinski definition) is 1. The van der Waals surface area contributed by atoms with Crippen LogP contribution in [0.15, 0.2) is 24.3 Å². The van der Waals surface area contributed by atoms with E-state index >= 15 is 0 Å². The number of piperidine rings is 1. The van der Waals surface area contributed by atoms with E-state index in [-0.39, 0.29) is 0 Å². The van der Waals surface area contributed by atoms with Crippen LogP contribution >= 0.6 is 0 Å². The molecule has 1 aromatic rings. The Labute approximate surface area is 145 Å². The smallest absolute Gasteiger partial charge is 0.277 e. The summed E-state index contributed by atoms with van der Waals surface area (Å²) in [5.74, 6) is 2.01. The van der Waals surface area contributed by atoms with Crippen molar-refractivity contribution in [2.45, 2.75) is 19.8 Å². The summed E-state index contributed by atoms with van der Waals surface area (Å²) < 4.78 is 5.22. The van der Waals surface area contributed by atoms with Gasteiger partial charge in [-0.3, -0.25) is 4.79 Å². The summed E-state index contributed by atoms with van der Waals surface area (Å²) >= 11 is 0. The predicted octanol–water partition coefficient (Wildman–Crippen LogP) is 0.659. The molecule has 1 N–H and O–H groups in total. The zero-order valence-corrected chi connectivity index (χ0v) is 15.0. The number of carbonyl (C=O) groups is 1. The minimum atomic E-state index is 0.342. The third-order valence-corrected chi connectivity index (χ3v) is 5.45. The Morgan fingerprint density at radius 3 is 2.33 bits per heavy atom. The van der Waals surface area contributed by atoms with Gasteiger partial charge in [-0.2, -0.15) is 0 Å². The van der Waals surface area contributed by atoms with Crippen molar-refractivity contribution in [1.82, 2.24) is 4.90 Å². The summed E-state index contributed by atoms with van der Waals surface area (Å²) in [5, 5.41) is 0. The number of ether oxygens (including phenoxy) is 1. The fourth-order valence-corrected chi connectivity index (χ4v) is 3.63. The quantitative estimate of drug-likeness (QED) is 0.880. The number of hydrogen-bond acceptors (Lipinski definition) is 3. The van der Waals surface area contributed by atoms with Gasteiger partial charge in [0.05, 0.1) is 33.3 Å². The molecule has 0 aliphatic carbocycles. The number of anilines is 1. The lowest BCUT2D eigenvalue weighted by atomic mass is 9.99. The second-order valence-electron chi connectivity index (χ2n) is 7.18. The molecule has 0 bridgehead atoms. The van der Waals surface area contributed by atoms with E-state index in [1.165, 1.54) is 10.6 Å². The Balaban J connectivity index is 1.45. The van der Waals surface area contributed by atoms with Gasteiger partial charge in [-0.15, -0.1) is 0 Å². The van der Waals surface area contributed by atoms with E-state index < -0.39 is 0 Å². The van der Waals surface area contributed by atoms with Gasteiger partial charge in [0.15, 0.2) is 6.54 Å². The molecule has 0 atom stereocenters. The van der Waals surface area contributed by atoms with Crippen LogP contribution in [0.3, 0.4) is 0 Å². The van der Waals surface area contributed by atoms with E-state index in [4.69, 9.17) is 4.74 Å². The minimum Gasteiger partial charge on any atom is -0.497 e. The molecule has 3 rings (SSSR count). The number of likely N-dealkylation sites (tertiary alicyclic amines) is 1. The molecular formula is C19H30N3O2+. The van der Waals surface area contributed by atoms with Crippen molar-refractivity contribution in [3.8, 4) is 5.75 Å². The van der Waals surface area contributed by atoms with Crippen LogP contribution in [0, 0.1) is 5.92 Å². The summed E-state index contributed by atoms with van der Waals surface area (Å²) in [6, 6.07) is 8.25. The second kappa shape index (κ2) is 7.88. The van der Waals surface area contributed by atoms with Gasteiger partial charge in [-0.25, -0.2) is 0 Å². The molecule has 2 aliphatic heterocycles. The van der Waals surface area contributed by atoms with Crippen LogP contribution in [0.5, 0.6) is 5.75 Å². The predicted molar refractivity (Wildman–Crippen MR) is 95.7 cm³/mol. The van der Waals surface area contributed by atoms with E-state index in [2.05, 4.69) is 28.9 Å². The molecule has 1 amide bonds. The number of piperazine rings is 1. The first-order valence-corrected chi connectivity index (χ1v) is 9.16. The van der Waals surface area contributed by atoms with Gasteiger partial charge in [0.1, 0.15) is 5.75 Å². The number of quaternary nitrogens is 1. The van der Waals surface area contributed by atoms with Crippen molar-refractivity contribution in [2.24, 2.45) is 5.92 Å². The molecule has 0 radical (unpaired) electrons. The van der Waals surface area contributed by atoms with E-state index in [0.717, 1.165) is 63.8 Å². The Hall–Kier alpha value is -1.75. The molecule has 0 aromatic heterocycles. The van der Waals surface area contributed by atoms with Crippen LogP contribution in [0.2, 0.25) is 0 Å². The molecular weight excluding hydrogens is 302 g/mol. The SMILES string of the molecule is COc1ccc(N2CC[NH+](CC(=O)N3CCC(C)CC3)CC2)cc1. The van der Waals surface area contributed by atoms with Gasteiger partial charge in [-0.05, 0) is 43.0 Å². The molecule has 0 spiro atoms. The van der Waals surface area contributed by atoms with Gasteiger partial charge in [0.2, 0.25) is 0 Å². The first-order valence-electron chi connectivity index (χ1n) is 9.16. The fraction of sp³-hybridized carbons (Fsp3) is 0.632. The highest BCUT2D eigenvalue weighted by molar-refractivity contribution is 5.77. The molecule has 132 valence electrons. The molecule has 5 heteroatoms. The fourth-order valence-electron chi connectivity index (χ4n) is 3.63. The zero-order chi connectivity index (χ0) is 16.9. The average molecular weight is 332 g/mol. The summed E-state index contributed by atoms with van der Waals surface area (Å²) in [4.78, 5) is 18.4. The van der Waals surface area contributed by atoms with Crippen LogP contribution < -0.4 is 14.5 Å². The van der Waals surface area contributed by atoms with Crippen molar-refractivity contribution < 1.29 is 14.4 Å². The summed E-state index contributed by atoms with van der Waals surface area (Å²) in [7, 11) is 1.69. The van der Waals surface area contributed by atoms with Crippen LogP contribution in [0.1, 0.15) is 19.8 Å². The van der Waals surface area contributed by atoms with E-state index in [9.17, 15) is 4.79 Å². The lowest BCUT2D eigenvalue weighted by Gasteiger charge is -2.35. The van der Waals surface area contributed by atoms with Crippen molar-refractivity contribution in [3.63, 3.8) is 0 Å². The average Bonchev–Trinajstić information content (AvgIpc) is 2.63. The molecule has 5 nitrogen and oxygen atoms in total. The number of carbonyl (C=O) groups excluding carboxylic acids is 1. The maximum Gasteiger partial charge on any atom is 0.277 e. The maximum absolute atomic E-state index is 12.5. The number of rotatable bonds is 4. The van der Waals surface area contributed by atoms with E-state index in [0.29, 0.717) is 12.5 Å². The summed E-state index contributed by atoms with van der Waals surface area (Å²) in [6.07, 6.45) is 2.32. The summed E-state index contributed by atoms with van der Waals surface area (Å²) in [5.41, 5.74) is 1.24. The lowest BCUT2D eigenvalue weighted by Crippen LogP contribution is -3.16. The normalized spacial score (nSPS) is 20.2. The van der Waals surface area contributed by atoms with Crippen LogP contribution in [0.4, 0.5) is 5.69 Å². The van der Waals surface area contributed by atoms with Crippen LogP contribution in [-0.4, -0.2) is 63.7 Å². The van der Waals surface area contributed by atoms with Gasteiger partial charge < -0.3 is 19.4 Å². The third kappa shape index (κ3) is 4.20. The first kappa shape index (κ1) is 17.1. The topological polar surface area (TPSA) is 37.2 Å². The molecule has 2 heterocycles. The highest BCUT2D eigenvalue weighted by Crippen LogP contribution is 2.19. The molecule has 2 fully saturated rings. The standard InChI is InChI=1S/C19H29N3O2/c1-16-7-9-22(10-8-16)19(23)15-20-11-13-21(14-12-20)17-3-5-18(24-2)6-4-17/h3-6,16H,7-15H2,1-2H3/p+1. The first-order chi connectivity index (χ1) is 11.7. The number of benzene rings is 1. The van der Waals surface area contributed by atoms with Gasteiger partial charge in [-0.1, -0.05) is 6.92 Å². The lowest BCUT2D eigenvalue weighted by molar-refractivity contribution is -0.892. The molecule has 2 aliphatic rings. The largest absolute Gasteiger partial charge is 0.497 e. The molecule has 0 unspecified atom stereocenters. The zero-order valence-electron chi connectivity index (χ0n) is 15.0. The second-order valence-corrected chi connectivity index (χ2v) is 7.18. The number of nitrogens with zero attached hydrogens (tertiary/aromatic N) is 2. The molecule has 1 aromatic carbocycles. The number of methoxy groups -OCH3 is 1. The van der Waals surface area contributed by atoms with Crippen molar-refractivity contribution in [2.75, 3.05) is 57.8 Å². The minimum absolute atomic E-state index is 0.342.